The Bertz CT molecular complexity index is 522. The second kappa shape index (κ2) is 3.50. The smallest absolute Gasteiger partial charge is 0.423 e. The van der Waals surface area contributed by atoms with Crippen molar-refractivity contribution in [1.82, 2.24) is 5.16 Å². The largest absolute Gasteiger partial charge is 0.488 e. The minimum atomic E-state index is -1.46. The molecule has 82 valence electrons. The number of nitrogens with one attached hydrogen (secondary N) is 1. The van der Waals surface area contributed by atoms with Crippen LogP contribution in [0, 0.1) is 0 Å². The molecule has 1 aliphatic rings. The maximum Gasteiger partial charge on any atom is 0.488 e. The fourth-order valence-electron chi connectivity index (χ4n) is 1.64. The molecular weight excluding hydrogens is 207 g/mol. The Morgan fingerprint density at radius 3 is 2.88 bits per heavy atom. The third-order valence-corrected chi connectivity index (χ3v) is 2.71. The molecule has 1 aliphatic carbocycles. The Morgan fingerprint density at radius 1 is 1.38 bits per heavy atom. The first-order valence-electron chi connectivity index (χ1n) is 5.26. The van der Waals surface area contributed by atoms with Gasteiger partial charge in [0, 0.05) is 6.04 Å². The molecule has 1 aromatic heterocycles. The van der Waals surface area contributed by atoms with Crippen LogP contribution in [0.25, 0.3) is 11.0 Å². The fraction of sp³-hybridized carbons (Fsp3) is 0.300. The zero-order valence-electron chi connectivity index (χ0n) is 8.55. The highest BCUT2D eigenvalue weighted by Crippen LogP contribution is 2.28. The van der Waals surface area contributed by atoms with E-state index in [2.05, 4.69) is 10.5 Å². The van der Waals surface area contributed by atoms with E-state index in [-0.39, 0.29) is 0 Å². The van der Waals surface area contributed by atoms with Crippen LogP contribution >= 0.6 is 0 Å². The van der Waals surface area contributed by atoms with E-state index in [1.165, 1.54) is 0 Å². The molecule has 3 rings (SSSR count). The monoisotopic (exact) mass is 218 g/mol. The molecule has 16 heavy (non-hydrogen) atoms. The van der Waals surface area contributed by atoms with Gasteiger partial charge in [-0.05, 0) is 30.4 Å². The first-order chi connectivity index (χ1) is 7.74. The molecule has 0 amide bonds. The van der Waals surface area contributed by atoms with Gasteiger partial charge in [-0.3, -0.25) is 0 Å². The number of aromatic nitrogens is 1. The molecule has 5 nitrogen and oxygen atoms in total. The van der Waals surface area contributed by atoms with Crippen LogP contribution in [0.4, 0.5) is 5.82 Å². The van der Waals surface area contributed by atoms with Crippen LogP contribution in [-0.2, 0) is 0 Å². The summed E-state index contributed by atoms with van der Waals surface area (Å²) in [5, 5.41) is 26.1. The van der Waals surface area contributed by atoms with Crippen molar-refractivity contribution in [3.8, 4) is 0 Å². The minimum absolute atomic E-state index is 0.439. The second-order valence-corrected chi connectivity index (χ2v) is 4.08. The number of benzene rings is 1. The molecule has 0 radical (unpaired) electrons. The van der Waals surface area contributed by atoms with Crippen LogP contribution in [-0.4, -0.2) is 28.4 Å². The molecule has 1 fully saturated rings. The maximum atomic E-state index is 9.09. The Kier molecular flexibility index (Phi) is 2.12. The molecule has 1 saturated carbocycles. The third kappa shape index (κ3) is 1.66. The molecule has 1 aromatic carbocycles. The Hall–Kier alpha value is -1.53. The second-order valence-electron chi connectivity index (χ2n) is 4.08. The zero-order chi connectivity index (χ0) is 11.1. The topological polar surface area (TPSA) is 78.5 Å². The standard InChI is InChI=1S/C10H11BN2O3/c14-11(15)6-1-4-9-8(5-6)10(13-16-9)12-7-2-3-7/h1,4-5,7,14-15H,2-3H2,(H,12,13). The van der Waals surface area contributed by atoms with Crippen LogP contribution < -0.4 is 10.8 Å². The van der Waals surface area contributed by atoms with Crippen molar-refractivity contribution in [3.63, 3.8) is 0 Å². The quantitative estimate of drug-likeness (QED) is 0.636. The van der Waals surface area contributed by atoms with Crippen molar-refractivity contribution < 1.29 is 14.6 Å². The number of rotatable bonds is 3. The predicted molar refractivity (Wildman–Crippen MR) is 60.5 cm³/mol. The lowest BCUT2D eigenvalue weighted by Crippen LogP contribution is -2.29. The highest BCUT2D eigenvalue weighted by atomic mass is 16.5. The lowest BCUT2D eigenvalue weighted by Gasteiger charge is -2.00. The molecule has 6 heteroatoms. The molecule has 1 heterocycles. The average Bonchev–Trinajstić information content (AvgIpc) is 2.99. The van der Waals surface area contributed by atoms with Crippen molar-refractivity contribution in [2.75, 3.05) is 5.32 Å². The first-order valence-corrected chi connectivity index (χ1v) is 5.26. The summed E-state index contributed by atoms with van der Waals surface area (Å²) in [4.78, 5) is 0. The van der Waals surface area contributed by atoms with Crippen LogP contribution in [0.2, 0.25) is 0 Å². The van der Waals surface area contributed by atoms with Gasteiger partial charge < -0.3 is 19.9 Å². The Balaban J connectivity index is 2.03. The van der Waals surface area contributed by atoms with Crippen molar-refractivity contribution in [2.45, 2.75) is 18.9 Å². The molecule has 3 N–H and O–H groups in total. The van der Waals surface area contributed by atoms with Gasteiger partial charge in [0.2, 0.25) is 0 Å². The average molecular weight is 218 g/mol. The van der Waals surface area contributed by atoms with Gasteiger partial charge in [-0.25, -0.2) is 0 Å². The molecule has 2 aromatic rings. The summed E-state index contributed by atoms with van der Waals surface area (Å²) in [7, 11) is -1.46. The number of nitrogens with zero attached hydrogens (tertiary/aromatic N) is 1. The maximum absolute atomic E-state index is 9.09. The van der Waals surface area contributed by atoms with Gasteiger partial charge in [0.25, 0.3) is 0 Å². The van der Waals surface area contributed by atoms with E-state index in [0.29, 0.717) is 22.9 Å². The van der Waals surface area contributed by atoms with E-state index in [1.807, 2.05) is 0 Å². The van der Waals surface area contributed by atoms with Crippen molar-refractivity contribution in [2.24, 2.45) is 0 Å². The normalized spacial score (nSPS) is 15.4. The summed E-state index contributed by atoms with van der Waals surface area (Å²) >= 11 is 0. The van der Waals surface area contributed by atoms with Crippen LogP contribution in [0.5, 0.6) is 0 Å². The lowest BCUT2D eigenvalue weighted by atomic mass is 9.80. The molecule has 0 unspecified atom stereocenters. The molecule has 0 bridgehead atoms. The highest BCUT2D eigenvalue weighted by Gasteiger charge is 2.23. The van der Waals surface area contributed by atoms with Crippen LogP contribution in [0.15, 0.2) is 22.7 Å². The first kappa shape index (κ1) is 9.68. The number of hydrogen-bond donors (Lipinski definition) is 3. The minimum Gasteiger partial charge on any atom is -0.423 e. The van der Waals surface area contributed by atoms with Crippen molar-refractivity contribution in [3.05, 3.63) is 18.2 Å². The summed E-state index contributed by atoms with van der Waals surface area (Å²) in [5.74, 6) is 0.681. The van der Waals surface area contributed by atoms with E-state index < -0.39 is 7.12 Å². The van der Waals surface area contributed by atoms with Gasteiger partial charge in [-0.2, -0.15) is 0 Å². The van der Waals surface area contributed by atoms with E-state index in [0.717, 1.165) is 18.2 Å². The van der Waals surface area contributed by atoms with Crippen LogP contribution in [0.1, 0.15) is 12.8 Å². The molecule has 0 aliphatic heterocycles. The van der Waals surface area contributed by atoms with E-state index in [4.69, 9.17) is 14.6 Å². The lowest BCUT2D eigenvalue weighted by molar-refractivity contribution is 0.426. The van der Waals surface area contributed by atoms with Crippen molar-refractivity contribution >= 4 is 29.4 Å². The summed E-state index contributed by atoms with van der Waals surface area (Å²) in [6.45, 7) is 0. The van der Waals surface area contributed by atoms with E-state index >= 15 is 0 Å². The number of fused-ring (bicyclic) bond motifs is 1. The van der Waals surface area contributed by atoms with Gasteiger partial charge in [0.15, 0.2) is 11.4 Å². The summed E-state index contributed by atoms with van der Waals surface area (Å²) in [6, 6.07) is 5.46. The highest BCUT2D eigenvalue weighted by molar-refractivity contribution is 6.58. The Labute approximate surface area is 92.2 Å². The summed E-state index contributed by atoms with van der Waals surface area (Å²) < 4.78 is 5.14. The predicted octanol–water partition coefficient (Wildman–Crippen LogP) is 0.0819. The number of anilines is 1. The van der Waals surface area contributed by atoms with Crippen molar-refractivity contribution in [1.29, 1.82) is 0 Å². The SMILES string of the molecule is OB(O)c1ccc2onc(NC3CC3)c2c1. The Morgan fingerprint density at radius 2 is 2.19 bits per heavy atom. The van der Waals surface area contributed by atoms with Gasteiger partial charge in [-0.15, -0.1) is 0 Å². The van der Waals surface area contributed by atoms with Gasteiger partial charge in [-0.1, -0.05) is 11.2 Å². The van der Waals surface area contributed by atoms with Gasteiger partial charge >= 0.3 is 7.12 Å². The van der Waals surface area contributed by atoms with E-state index in [1.54, 1.807) is 18.2 Å². The fourth-order valence-corrected chi connectivity index (χ4v) is 1.64. The van der Waals surface area contributed by atoms with E-state index in [9.17, 15) is 0 Å². The van der Waals surface area contributed by atoms with Crippen LogP contribution in [0.3, 0.4) is 0 Å². The summed E-state index contributed by atoms with van der Waals surface area (Å²) in [6.07, 6.45) is 2.30. The van der Waals surface area contributed by atoms with Gasteiger partial charge in [0.1, 0.15) is 0 Å². The van der Waals surface area contributed by atoms with Gasteiger partial charge in [0.05, 0.1) is 5.39 Å². The molecule has 0 spiro atoms. The molecular formula is C10H11BN2O3. The number of hydrogen-bond acceptors (Lipinski definition) is 5. The molecule has 0 saturated heterocycles. The molecule has 0 atom stereocenters. The zero-order valence-corrected chi connectivity index (χ0v) is 8.55. The third-order valence-electron chi connectivity index (χ3n) is 2.71. The summed E-state index contributed by atoms with van der Waals surface area (Å²) in [5.41, 5.74) is 1.09.